The van der Waals surface area contributed by atoms with E-state index in [2.05, 4.69) is 72.6 Å². The van der Waals surface area contributed by atoms with Gasteiger partial charge in [0.2, 0.25) is 0 Å². The van der Waals surface area contributed by atoms with Gasteiger partial charge >= 0.3 is 0 Å². The lowest BCUT2D eigenvalue weighted by molar-refractivity contribution is 0.481. The molecule has 1 aromatic heterocycles. The molecule has 2 nitrogen and oxygen atoms in total. The zero-order valence-electron chi connectivity index (χ0n) is 11.2. The Kier molecular flexibility index (Phi) is 5.13. The third-order valence-corrected chi connectivity index (χ3v) is 4.02. The molecule has 0 unspecified atom stereocenters. The lowest BCUT2D eigenvalue weighted by Gasteiger charge is -2.15. The first-order valence-corrected chi connectivity index (χ1v) is 7.84. The van der Waals surface area contributed by atoms with Crippen LogP contribution in [0.25, 0.3) is 6.08 Å². The van der Waals surface area contributed by atoms with E-state index in [1.54, 1.807) is 0 Å². The largest absolute Gasteiger partial charge is 0.341 e. The van der Waals surface area contributed by atoms with Crippen molar-refractivity contribution in [3.8, 4) is 0 Å². The van der Waals surface area contributed by atoms with Gasteiger partial charge in [-0.25, -0.2) is 4.98 Å². The van der Waals surface area contributed by atoms with E-state index in [1.807, 2.05) is 24.0 Å². The first-order valence-electron chi connectivity index (χ1n) is 5.71. The Morgan fingerprint density at radius 2 is 2.00 bits per heavy atom. The van der Waals surface area contributed by atoms with Gasteiger partial charge in [0.05, 0.1) is 9.12 Å². The van der Waals surface area contributed by atoms with Gasteiger partial charge in [-0.15, -0.1) is 11.8 Å². The lowest BCUT2D eigenvalue weighted by Crippen LogP contribution is -2.07. The van der Waals surface area contributed by atoms with Crippen LogP contribution in [0.1, 0.15) is 46.1 Å². The third kappa shape index (κ3) is 5.95. The fourth-order valence-corrected chi connectivity index (χ4v) is 2.23. The smallest absolute Gasteiger partial charge is 0.130 e. The molecule has 1 aromatic rings. The second-order valence-electron chi connectivity index (χ2n) is 5.83. The van der Waals surface area contributed by atoms with Gasteiger partial charge < -0.3 is 4.98 Å². The molecule has 0 atom stereocenters. The Hall–Kier alpha value is 0.0300. The number of nitrogens with zero attached hydrogens (tertiary/aromatic N) is 1. The zero-order chi connectivity index (χ0) is 13.1. The fourth-order valence-electron chi connectivity index (χ4n) is 1.13. The third-order valence-electron chi connectivity index (χ3n) is 2.07. The van der Waals surface area contributed by atoms with Crippen molar-refractivity contribution >= 4 is 40.4 Å². The molecule has 17 heavy (non-hydrogen) atoms. The molecule has 1 heterocycles. The molecular weight excluding hydrogens is 343 g/mol. The summed E-state index contributed by atoms with van der Waals surface area (Å²) in [5.41, 5.74) is 1.53. The number of hydrogen-bond acceptors (Lipinski definition) is 2. The number of thioether (sulfide) groups is 1. The SMILES string of the molecule is CC(C)(C)CS/C=C/c1ncc(C(C)(C)I)[nH]1. The number of hydrogen-bond donors (Lipinski definition) is 1. The van der Waals surface area contributed by atoms with E-state index in [0.29, 0.717) is 5.41 Å². The molecule has 0 bridgehead atoms. The van der Waals surface area contributed by atoms with Crippen LogP contribution in [0.5, 0.6) is 0 Å². The Bertz CT molecular complexity index is 383. The molecule has 96 valence electrons. The first kappa shape index (κ1) is 15.1. The minimum absolute atomic E-state index is 0.107. The molecule has 0 saturated carbocycles. The number of imidazole rings is 1. The minimum atomic E-state index is 0.107. The molecule has 1 rings (SSSR count). The highest BCUT2D eigenvalue weighted by Gasteiger charge is 2.17. The second kappa shape index (κ2) is 5.78. The summed E-state index contributed by atoms with van der Waals surface area (Å²) < 4.78 is 0.107. The zero-order valence-corrected chi connectivity index (χ0v) is 14.1. The molecule has 0 fully saturated rings. The second-order valence-corrected chi connectivity index (χ2v) is 9.42. The van der Waals surface area contributed by atoms with Gasteiger partial charge in [0, 0.05) is 11.9 Å². The molecule has 0 amide bonds. The Balaban J connectivity index is 2.53. The van der Waals surface area contributed by atoms with Gasteiger partial charge in [-0.3, -0.25) is 0 Å². The predicted molar refractivity (Wildman–Crippen MR) is 86.6 cm³/mol. The summed E-state index contributed by atoms with van der Waals surface area (Å²) in [4.78, 5) is 7.69. The van der Waals surface area contributed by atoms with Crippen molar-refractivity contribution in [3.05, 3.63) is 23.1 Å². The van der Waals surface area contributed by atoms with Crippen molar-refractivity contribution in [2.75, 3.05) is 5.75 Å². The van der Waals surface area contributed by atoms with E-state index in [-0.39, 0.29) is 3.42 Å². The number of alkyl halides is 1. The van der Waals surface area contributed by atoms with Crippen molar-refractivity contribution in [2.45, 2.75) is 38.0 Å². The Morgan fingerprint density at radius 1 is 1.35 bits per heavy atom. The van der Waals surface area contributed by atoms with Crippen LogP contribution in [-0.2, 0) is 3.42 Å². The van der Waals surface area contributed by atoms with Gasteiger partial charge in [0.25, 0.3) is 0 Å². The van der Waals surface area contributed by atoms with Crippen LogP contribution in [0.4, 0.5) is 0 Å². The maximum absolute atomic E-state index is 4.36. The summed E-state index contributed by atoms with van der Waals surface area (Å²) in [7, 11) is 0. The van der Waals surface area contributed by atoms with E-state index in [0.717, 1.165) is 11.6 Å². The molecule has 0 spiro atoms. The summed E-state index contributed by atoms with van der Waals surface area (Å²) in [5.74, 6) is 2.06. The number of H-pyrrole nitrogens is 1. The summed E-state index contributed by atoms with van der Waals surface area (Å²) >= 11 is 4.24. The van der Waals surface area contributed by atoms with Crippen LogP contribution in [0.15, 0.2) is 11.6 Å². The van der Waals surface area contributed by atoms with Crippen molar-refractivity contribution in [1.82, 2.24) is 9.97 Å². The lowest BCUT2D eigenvalue weighted by atomic mass is 10.0. The quantitative estimate of drug-likeness (QED) is 0.612. The van der Waals surface area contributed by atoms with Crippen LogP contribution < -0.4 is 0 Å². The molecule has 0 radical (unpaired) electrons. The van der Waals surface area contributed by atoms with Gasteiger partial charge in [-0.05, 0) is 30.7 Å². The molecule has 0 aromatic carbocycles. The summed E-state index contributed by atoms with van der Waals surface area (Å²) in [5, 5.41) is 2.12. The highest BCUT2D eigenvalue weighted by atomic mass is 127. The maximum Gasteiger partial charge on any atom is 0.130 e. The standard InChI is InChI=1S/C13H21IN2S/c1-12(2,3)9-17-7-6-11-15-8-10(16-11)13(4,5)14/h6-8H,9H2,1-5H3,(H,15,16)/b7-6+. The highest BCUT2D eigenvalue weighted by Crippen LogP contribution is 2.29. The Morgan fingerprint density at radius 3 is 2.47 bits per heavy atom. The predicted octanol–water partition coefficient (Wildman–Crippen LogP) is 4.83. The van der Waals surface area contributed by atoms with Crippen LogP contribution in [0.2, 0.25) is 0 Å². The molecule has 0 aliphatic heterocycles. The van der Waals surface area contributed by atoms with Gasteiger partial charge in [-0.1, -0.05) is 43.4 Å². The van der Waals surface area contributed by atoms with Crippen molar-refractivity contribution in [2.24, 2.45) is 5.41 Å². The normalized spacial score (nSPS) is 13.5. The number of nitrogens with one attached hydrogen (secondary N) is 1. The number of aromatic amines is 1. The van der Waals surface area contributed by atoms with Crippen molar-refractivity contribution < 1.29 is 0 Å². The van der Waals surface area contributed by atoms with E-state index in [4.69, 9.17) is 0 Å². The topological polar surface area (TPSA) is 28.7 Å². The molecule has 0 aliphatic rings. The first-order chi connectivity index (χ1) is 7.68. The number of aromatic nitrogens is 2. The van der Waals surface area contributed by atoms with Crippen LogP contribution >= 0.6 is 34.4 Å². The van der Waals surface area contributed by atoms with Crippen molar-refractivity contribution in [1.29, 1.82) is 0 Å². The highest BCUT2D eigenvalue weighted by molar-refractivity contribution is 14.1. The average molecular weight is 364 g/mol. The van der Waals surface area contributed by atoms with Crippen LogP contribution in [0.3, 0.4) is 0 Å². The maximum atomic E-state index is 4.36. The number of halogens is 1. The minimum Gasteiger partial charge on any atom is -0.341 e. The summed E-state index contributed by atoms with van der Waals surface area (Å²) in [6, 6.07) is 0. The molecule has 0 aliphatic carbocycles. The molecule has 4 heteroatoms. The van der Waals surface area contributed by atoms with Crippen molar-refractivity contribution in [3.63, 3.8) is 0 Å². The molecule has 1 N–H and O–H groups in total. The van der Waals surface area contributed by atoms with Gasteiger partial charge in [0.1, 0.15) is 5.82 Å². The monoisotopic (exact) mass is 364 g/mol. The molecule has 0 saturated heterocycles. The number of rotatable bonds is 4. The average Bonchev–Trinajstić information content (AvgIpc) is 2.58. The molecular formula is C13H21IN2S. The summed E-state index contributed by atoms with van der Waals surface area (Å²) in [6.07, 6.45) is 3.96. The van der Waals surface area contributed by atoms with E-state index in [1.165, 1.54) is 5.69 Å². The summed E-state index contributed by atoms with van der Waals surface area (Å²) in [6.45, 7) is 11.1. The van der Waals surface area contributed by atoms with Gasteiger partial charge in [-0.2, -0.15) is 0 Å². The van der Waals surface area contributed by atoms with E-state index >= 15 is 0 Å². The fraction of sp³-hybridized carbons (Fsp3) is 0.615. The van der Waals surface area contributed by atoms with E-state index in [9.17, 15) is 0 Å². The van der Waals surface area contributed by atoms with E-state index < -0.39 is 0 Å². The van der Waals surface area contributed by atoms with Gasteiger partial charge in [0.15, 0.2) is 0 Å². The van der Waals surface area contributed by atoms with Crippen LogP contribution in [-0.4, -0.2) is 15.7 Å². The Labute approximate surface area is 122 Å². The van der Waals surface area contributed by atoms with Crippen LogP contribution in [0, 0.1) is 5.41 Å².